The summed E-state index contributed by atoms with van der Waals surface area (Å²) in [6.07, 6.45) is 1.04. The molecule has 0 saturated carbocycles. The van der Waals surface area contributed by atoms with Gasteiger partial charge in [-0.05, 0) is 18.8 Å². The summed E-state index contributed by atoms with van der Waals surface area (Å²) in [6.45, 7) is 3.03. The molecule has 1 aromatic carbocycles. The Labute approximate surface area is 136 Å². The van der Waals surface area contributed by atoms with E-state index in [0.717, 1.165) is 0 Å². The van der Waals surface area contributed by atoms with Crippen molar-refractivity contribution in [3.8, 4) is 0 Å². The molecule has 3 nitrogen and oxygen atoms in total. The van der Waals surface area contributed by atoms with Crippen molar-refractivity contribution >= 4 is 0 Å². The maximum atomic E-state index is 14.4. The lowest BCUT2D eigenvalue weighted by atomic mass is 9.84. The van der Waals surface area contributed by atoms with E-state index in [0.29, 0.717) is 52.2 Å². The molecule has 0 aromatic heterocycles. The van der Waals surface area contributed by atoms with E-state index in [-0.39, 0.29) is 5.92 Å². The van der Waals surface area contributed by atoms with Crippen molar-refractivity contribution in [3.05, 3.63) is 34.6 Å². The van der Waals surface area contributed by atoms with Gasteiger partial charge in [-0.25, -0.2) is 22.0 Å². The third-order valence-electron chi connectivity index (χ3n) is 4.80. The van der Waals surface area contributed by atoms with E-state index >= 15 is 0 Å². The number of piperazine rings is 1. The van der Waals surface area contributed by atoms with E-state index in [1.807, 2.05) is 4.90 Å². The Morgan fingerprint density at radius 2 is 1.33 bits per heavy atom. The molecule has 0 aliphatic carbocycles. The predicted octanol–water partition coefficient (Wildman–Crippen LogP) is 2.76. The molecular formula is C16H19F5N2O. The van der Waals surface area contributed by atoms with Crippen LogP contribution in [0.5, 0.6) is 0 Å². The first-order valence-electron chi connectivity index (χ1n) is 8.06. The summed E-state index contributed by atoms with van der Waals surface area (Å²) in [5.74, 6) is -9.53. The van der Waals surface area contributed by atoms with Gasteiger partial charge in [-0.1, -0.05) is 0 Å². The molecule has 3 rings (SSSR count). The summed E-state index contributed by atoms with van der Waals surface area (Å²) in [7, 11) is 0. The molecule has 0 bridgehead atoms. The van der Waals surface area contributed by atoms with Crippen LogP contribution in [0, 0.1) is 35.0 Å². The van der Waals surface area contributed by atoms with Crippen LogP contribution in [0.25, 0.3) is 0 Å². The second-order valence-electron chi connectivity index (χ2n) is 6.16. The second kappa shape index (κ2) is 7.33. The van der Waals surface area contributed by atoms with Crippen molar-refractivity contribution in [2.24, 2.45) is 5.92 Å². The minimum atomic E-state index is -2.11. The summed E-state index contributed by atoms with van der Waals surface area (Å²) in [5.41, 5.74) is -0.708. The van der Waals surface area contributed by atoms with E-state index in [4.69, 9.17) is 4.74 Å². The highest BCUT2D eigenvalue weighted by atomic mass is 19.2. The van der Waals surface area contributed by atoms with E-state index in [9.17, 15) is 22.0 Å². The molecule has 1 aromatic rings. The average molecular weight is 350 g/mol. The van der Waals surface area contributed by atoms with Crippen LogP contribution in [-0.2, 0) is 4.74 Å². The zero-order chi connectivity index (χ0) is 17.3. The highest BCUT2D eigenvalue weighted by Crippen LogP contribution is 2.39. The molecule has 1 N–H and O–H groups in total. The van der Waals surface area contributed by atoms with Gasteiger partial charge in [-0.2, -0.15) is 0 Å². The fourth-order valence-corrected chi connectivity index (χ4v) is 3.59. The summed E-state index contributed by atoms with van der Waals surface area (Å²) in [4.78, 5) is 1.81. The maximum absolute atomic E-state index is 14.4. The largest absolute Gasteiger partial charge is 0.381 e. The molecule has 0 unspecified atom stereocenters. The van der Waals surface area contributed by atoms with Crippen LogP contribution in [0.1, 0.15) is 24.4 Å². The molecule has 0 radical (unpaired) electrons. The van der Waals surface area contributed by atoms with Gasteiger partial charge in [0.25, 0.3) is 0 Å². The third-order valence-corrected chi connectivity index (χ3v) is 4.80. The topological polar surface area (TPSA) is 24.5 Å². The van der Waals surface area contributed by atoms with Gasteiger partial charge in [0.1, 0.15) is 0 Å². The van der Waals surface area contributed by atoms with Gasteiger partial charge in [0.15, 0.2) is 23.3 Å². The lowest BCUT2D eigenvalue weighted by Crippen LogP contribution is -2.48. The van der Waals surface area contributed by atoms with Crippen LogP contribution >= 0.6 is 0 Å². The Morgan fingerprint density at radius 3 is 1.88 bits per heavy atom. The maximum Gasteiger partial charge on any atom is 0.200 e. The minimum Gasteiger partial charge on any atom is -0.381 e. The fourth-order valence-electron chi connectivity index (χ4n) is 3.59. The van der Waals surface area contributed by atoms with E-state index in [2.05, 4.69) is 5.32 Å². The monoisotopic (exact) mass is 350 g/mol. The molecule has 2 saturated heterocycles. The SMILES string of the molecule is Fc1c(F)c(F)c([C@@H](C2CCOCC2)N2CCNCC2)c(F)c1F. The Kier molecular flexibility index (Phi) is 5.36. The lowest BCUT2D eigenvalue weighted by molar-refractivity contribution is 0.0186. The van der Waals surface area contributed by atoms with Crippen LogP contribution in [0.4, 0.5) is 22.0 Å². The molecule has 2 aliphatic heterocycles. The number of ether oxygens (including phenoxy) is 1. The van der Waals surface area contributed by atoms with Crippen LogP contribution in [-0.4, -0.2) is 44.3 Å². The minimum absolute atomic E-state index is 0.217. The number of hydrogen-bond donors (Lipinski definition) is 1. The molecule has 2 fully saturated rings. The Bertz CT molecular complexity index is 554. The fraction of sp³-hybridized carbons (Fsp3) is 0.625. The van der Waals surface area contributed by atoms with Crippen LogP contribution in [0.15, 0.2) is 0 Å². The smallest absolute Gasteiger partial charge is 0.200 e. The van der Waals surface area contributed by atoms with Crippen molar-refractivity contribution in [2.75, 3.05) is 39.4 Å². The van der Waals surface area contributed by atoms with Gasteiger partial charge in [0, 0.05) is 51.0 Å². The number of nitrogens with one attached hydrogen (secondary N) is 1. The van der Waals surface area contributed by atoms with E-state index in [1.54, 1.807) is 0 Å². The van der Waals surface area contributed by atoms with E-state index < -0.39 is 40.7 Å². The van der Waals surface area contributed by atoms with E-state index in [1.165, 1.54) is 0 Å². The molecule has 0 spiro atoms. The number of benzene rings is 1. The normalized spacial score (nSPS) is 21.9. The average Bonchev–Trinajstić information content (AvgIpc) is 2.63. The quantitative estimate of drug-likeness (QED) is 0.515. The number of nitrogens with zero attached hydrogens (tertiary/aromatic N) is 1. The molecular weight excluding hydrogens is 331 g/mol. The lowest BCUT2D eigenvalue weighted by Gasteiger charge is -2.41. The Morgan fingerprint density at radius 1 is 0.833 bits per heavy atom. The van der Waals surface area contributed by atoms with Crippen molar-refractivity contribution in [1.82, 2.24) is 10.2 Å². The number of hydrogen-bond acceptors (Lipinski definition) is 3. The van der Waals surface area contributed by atoms with Crippen LogP contribution in [0.2, 0.25) is 0 Å². The zero-order valence-corrected chi connectivity index (χ0v) is 13.1. The van der Waals surface area contributed by atoms with Crippen molar-refractivity contribution in [2.45, 2.75) is 18.9 Å². The van der Waals surface area contributed by atoms with Crippen LogP contribution in [0.3, 0.4) is 0 Å². The predicted molar refractivity (Wildman–Crippen MR) is 77.0 cm³/mol. The molecule has 0 amide bonds. The highest BCUT2D eigenvalue weighted by molar-refractivity contribution is 5.28. The molecule has 134 valence electrons. The Balaban J connectivity index is 2.07. The molecule has 2 heterocycles. The van der Waals surface area contributed by atoms with Crippen molar-refractivity contribution in [3.63, 3.8) is 0 Å². The van der Waals surface area contributed by atoms with Gasteiger partial charge < -0.3 is 10.1 Å². The summed E-state index contributed by atoms with van der Waals surface area (Å²) >= 11 is 0. The van der Waals surface area contributed by atoms with Crippen molar-refractivity contribution < 1.29 is 26.7 Å². The third kappa shape index (κ3) is 3.14. The number of rotatable bonds is 3. The standard InChI is InChI=1S/C16H19F5N2O/c17-11-10(12(18)14(20)15(21)13(11)19)16(9-1-7-24-8-2-9)23-5-3-22-4-6-23/h9,16,22H,1-8H2/t16-/m1/s1. The van der Waals surface area contributed by atoms with Gasteiger partial charge in [0.2, 0.25) is 5.82 Å². The first-order valence-corrected chi connectivity index (χ1v) is 8.06. The summed E-state index contributed by atoms with van der Waals surface area (Å²) in [6, 6.07) is -0.847. The van der Waals surface area contributed by atoms with Crippen LogP contribution < -0.4 is 5.32 Å². The Hall–Kier alpha value is -1.25. The first kappa shape index (κ1) is 17.6. The molecule has 1 atom stereocenters. The summed E-state index contributed by atoms with van der Waals surface area (Å²) < 4.78 is 74.7. The van der Waals surface area contributed by atoms with Gasteiger partial charge in [0.05, 0.1) is 0 Å². The first-order chi connectivity index (χ1) is 11.5. The van der Waals surface area contributed by atoms with Gasteiger partial charge in [-0.15, -0.1) is 0 Å². The van der Waals surface area contributed by atoms with Gasteiger partial charge in [-0.3, -0.25) is 4.90 Å². The second-order valence-corrected chi connectivity index (χ2v) is 6.16. The van der Waals surface area contributed by atoms with Crippen molar-refractivity contribution in [1.29, 1.82) is 0 Å². The number of halogens is 5. The summed E-state index contributed by atoms with van der Waals surface area (Å²) in [5, 5.41) is 3.12. The molecule has 2 aliphatic rings. The molecule has 24 heavy (non-hydrogen) atoms. The highest BCUT2D eigenvalue weighted by Gasteiger charge is 2.38. The zero-order valence-electron chi connectivity index (χ0n) is 13.1. The molecule has 8 heteroatoms. The van der Waals surface area contributed by atoms with Gasteiger partial charge >= 0.3 is 0 Å².